The number of nitrogens with zero attached hydrogens (tertiary/aromatic N) is 1. The Morgan fingerprint density at radius 3 is 2.79 bits per heavy atom. The Bertz CT molecular complexity index is 411. The smallest absolute Gasteiger partial charge is 0.127 e. The molecule has 1 atom stereocenters. The van der Waals surface area contributed by atoms with Crippen LogP contribution in [0.1, 0.15) is 17.4 Å². The predicted molar refractivity (Wildman–Crippen MR) is 56.1 cm³/mol. The van der Waals surface area contributed by atoms with Crippen LogP contribution in [0.3, 0.4) is 0 Å². The van der Waals surface area contributed by atoms with E-state index in [9.17, 15) is 0 Å². The summed E-state index contributed by atoms with van der Waals surface area (Å²) in [6.45, 7) is 0. The summed E-state index contributed by atoms with van der Waals surface area (Å²) in [7, 11) is 0. The number of nitrogens with two attached hydrogens (primary N) is 1. The topological polar surface area (TPSA) is 54.7 Å². The van der Waals surface area contributed by atoms with Gasteiger partial charge in [0, 0.05) is 17.4 Å². The highest BCUT2D eigenvalue weighted by molar-refractivity contribution is 6.31. The largest absolute Gasteiger partial charge is 0.347 e. The Labute approximate surface area is 86.9 Å². The zero-order chi connectivity index (χ0) is 9.97. The molecule has 0 spiro atoms. The highest BCUT2D eigenvalue weighted by Gasteiger charge is 2.13. The van der Waals surface area contributed by atoms with Crippen molar-refractivity contribution in [1.29, 1.82) is 0 Å². The number of aromatic nitrogens is 2. The normalized spacial score (nSPS) is 12.7. The number of H-pyrrole nitrogens is 1. The van der Waals surface area contributed by atoms with Gasteiger partial charge in [-0.05, 0) is 11.6 Å². The van der Waals surface area contributed by atoms with E-state index in [2.05, 4.69) is 9.97 Å². The van der Waals surface area contributed by atoms with Gasteiger partial charge in [0.2, 0.25) is 0 Å². The van der Waals surface area contributed by atoms with Crippen LogP contribution in [0.15, 0.2) is 36.7 Å². The third-order valence-electron chi connectivity index (χ3n) is 2.05. The number of hydrogen-bond donors (Lipinski definition) is 2. The Kier molecular flexibility index (Phi) is 2.52. The fraction of sp³-hybridized carbons (Fsp3) is 0.100. The minimum Gasteiger partial charge on any atom is -0.347 e. The molecule has 3 nitrogen and oxygen atoms in total. The van der Waals surface area contributed by atoms with E-state index in [0.29, 0.717) is 5.02 Å². The molecule has 0 aliphatic rings. The van der Waals surface area contributed by atoms with Crippen LogP contribution >= 0.6 is 11.6 Å². The number of hydrogen-bond acceptors (Lipinski definition) is 2. The van der Waals surface area contributed by atoms with Crippen LogP contribution < -0.4 is 5.73 Å². The van der Waals surface area contributed by atoms with Gasteiger partial charge in [-0.25, -0.2) is 4.98 Å². The molecule has 4 heteroatoms. The van der Waals surface area contributed by atoms with Crippen molar-refractivity contribution in [3.05, 3.63) is 53.1 Å². The molecule has 1 heterocycles. The van der Waals surface area contributed by atoms with Crippen LogP contribution in [-0.4, -0.2) is 9.97 Å². The molecule has 0 aliphatic carbocycles. The molecule has 1 aromatic heterocycles. The molecule has 1 unspecified atom stereocenters. The molecule has 72 valence electrons. The van der Waals surface area contributed by atoms with Crippen molar-refractivity contribution >= 4 is 11.6 Å². The lowest BCUT2D eigenvalue weighted by Gasteiger charge is -2.10. The van der Waals surface area contributed by atoms with E-state index in [1.54, 1.807) is 12.4 Å². The lowest BCUT2D eigenvalue weighted by molar-refractivity contribution is 0.801. The molecule has 2 aromatic rings. The second-order valence-electron chi connectivity index (χ2n) is 2.97. The van der Waals surface area contributed by atoms with E-state index in [-0.39, 0.29) is 6.04 Å². The van der Waals surface area contributed by atoms with Gasteiger partial charge < -0.3 is 10.7 Å². The Morgan fingerprint density at radius 1 is 1.36 bits per heavy atom. The van der Waals surface area contributed by atoms with Crippen LogP contribution in [0.25, 0.3) is 0 Å². The van der Waals surface area contributed by atoms with Crippen molar-refractivity contribution in [1.82, 2.24) is 9.97 Å². The van der Waals surface area contributed by atoms with Crippen molar-refractivity contribution in [3.63, 3.8) is 0 Å². The summed E-state index contributed by atoms with van der Waals surface area (Å²) in [5, 5.41) is 0.663. The van der Waals surface area contributed by atoms with E-state index in [1.165, 1.54) is 0 Å². The Balaban J connectivity index is 2.37. The maximum Gasteiger partial charge on any atom is 0.127 e. The van der Waals surface area contributed by atoms with Crippen molar-refractivity contribution in [3.8, 4) is 0 Å². The first-order valence-electron chi connectivity index (χ1n) is 4.28. The summed E-state index contributed by atoms with van der Waals surface area (Å²) in [6, 6.07) is 7.21. The van der Waals surface area contributed by atoms with E-state index >= 15 is 0 Å². The van der Waals surface area contributed by atoms with Gasteiger partial charge in [0.1, 0.15) is 5.82 Å². The molecular weight excluding hydrogens is 198 g/mol. The lowest BCUT2D eigenvalue weighted by Crippen LogP contribution is -2.13. The van der Waals surface area contributed by atoms with Crippen molar-refractivity contribution in [2.45, 2.75) is 6.04 Å². The SMILES string of the molecule is NC(c1ncc[nH]1)c1ccccc1Cl. The van der Waals surface area contributed by atoms with Crippen molar-refractivity contribution in [2.75, 3.05) is 0 Å². The molecule has 0 saturated carbocycles. The molecule has 14 heavy (non-hydrogen) atoms. The molecule has 3 N–H and O–H groups in total. The summed E-state index contributed by atoms with van der Waals surface area (Å²) in [4.78, 5) is 7.06. The van der Waals surface area contributed by atoms with E-state index in [0.717, 1.165) is 11.4 Å². The maximum atomic E-state index is 6.01. The Hall–Kier alpha value is -1.32. The van der Waals surface area contributed by atoms with Gasteiger partial charge >= 0.3 is 0 Å². The van der Waals surface area contributed by atoms with Crippen LogP contribution in [0.2, 0.25) is 5.02 Å². The van der Waals surface area contributed by atoms with E-state index < -0.39 is 0 Å². The highest BCUT2D eigenvalue weighted by atomic mass is 35.5. The zero-order valence-corrected chi connectivity index (χ0v) is 8.20. The first-order valence-corrected chi connectivity index (χ1v) is 4.66. The van der Waals surface area contributed by atoms with Crippen molar-refractivity contribution < 1.29 is 0 Å². The second kappa shape index (κ2) is 3.82. The zero-order valence-electron chi connectivity index (χ0n) is 7.44. The quantitative estimate of drug-likeness (QED) is 0.793. The standard InChI is InChI=1S/C10H10ClN3/c11-8-4-2-1-3-7(8)9(12)10-13-5-6-14-10/h1-6,9H,12H2,(H,13,14). The van der Waals surface area contributed by atoms with Gasteiger partial charge in [0.15, 0.2) is 0 Å². The molecule has 2 rings (SSSR count). The maximum absolute atomic E-state index is 6.01. The Morgan fingerprint density at radius 2 is 2.14 bits per heavy atom. The van der Waals surface area contributed by atoms with E-state index in [1.807, 2.05) is 24.3 Å². The fourth-order valence-electron chi connectivity index (χ4n) is 1.32. The van der Waals surface area contributed by atoms with Crippen LogP contribution in [0.5, 0.6) is 0 Å². The average Bonchev–Trinajstić information content (AvgIpc) is 2.70. The number of halogens is 1. The van der Waals surface area contributed by atoms with Gasteiger partial charge in [-0.3, -0.25) is 0 Å². The van der Waals surface area contributed by atoms with Gasteiger partial charge in [0.05, 0.1) is 6.04 Å². The molecule has 0 amide bonds. The van der Waals surface area contributed by atoms with Gasteiger partial charge in [-0.15, -0.1) is 0 Å². The van der Waals surface area contributed by atoms with Crippen LogP contribution in [0.4, 0.5) is 0 Å². The summed E-state index contributed by atoms with van der Waals surface area (Å²) in [6.07, 6.45) is 3.41. The average molecular weight is 208 g/mol. The summed E-state index contributed by atoms with van der Waals surface area (Å²) in [5.41, 5.74) is 6.86. The van der Waals surface area contributed by atoms with Crippen LogP contribution in [-0.2, 0) is 0 Å². The molecular formula is C10H10ClN3. The lowest BCUT2D eigenvalue weighted by atomic mass is 10.1. The first-order chi connectivity index (χ1) is 6.79. The number of rotatable bonds is 2. The minimum atomic E-state index is -0.293. The number of imidazole rings is 1. The first kappa shape index (κ1) is 9.24. The monoisotopic (exact) mass is 207 g/mol. The third kappa shape index (κ3) is 1.64. The second-order valence-corrected chi connectivity index (χ2v) is 3.38. The summed E-state index contributed by atoms with van der Waals surface area (Å²) < 4.78 is 0. The molecule has 1 aromatic carbocycles. The van der Waals surface area contributed by atoms with Gasteiger partial charge in [-0.2, -0.15) is 0 Å². The molecule has 0 fully saturated rings. The summed E-state index contributed by atoms with van der Waals surface area (Å²) in [5.74, 6) is 0.720. The van der Waals surface area contributed by atoms with Gasteiger partial charge in [0.25, 0.3) is 0 Å². The molecule has 0 saturated heterocycles. The van der Waals surface area contributed by atoms with Gasteiger partial charge in [-0.1, -0.05) is 29.8 Å². The highest BCUT2D eigenvalue weighted by Crippen LogP contribution is 2.23. The number of aromatic amines is 1. The minimum absolute atomic E-state index is 0.293. The van der Waals surface area contributed by atoms with E-state index in [4.69, 9.17) is 17.3 Å². The van der Waals surface area contributed by atoms with Crippen LogP contribution in [0, 0.1) is 0 Å². The molecule has 0 bridgehead atoms. The molecule has 0 aliphatic heterocycles. The van der Waals surface area contributed by atoms with Crippen molar-refractivity contribution in [2.24, 2.45) is 5.73 Å². The third-order valence-corrected chi connectivity index (χ3v) is 2.40. The fourth-order valence-corrected chi connectivity index (χ4v) is 1.58. The number of nitrogens with one attached hydrogen (secondary N) is 1. The summed E-state index contributed by atoms with van der Waals surface area (Å²) >= 11 is 6.01. The predicted octanol–water partition coefficient (Wildman–Crippen LogP) is 2.11. The number of benzene rings is 1. The molecule has 0 radical (unpaired) electrons.